The number of rotatable bonds is 7. The lowest BCUT2D eigenvalue weighted by atomic mass is 9.99. The minimum Gasteiger partial charge on any atom is -0.307 e. The summed E-state index contributed by atoms with van der Waals surface area (Å²) in [4.78, 5) is 15.9. The van der Waals surface area contributed by atoms with Gasteiger partial charge >= 0.3 is 0 Å². The fourth-order valence-corrected chi connectivity index (χ4v) is 9.10. The van der Waals surface area contributed by atoms with Crippen molar-refractivity contribution in [2.24, 2.45) is 0 Å². The average Bonchev–Trinajstić information content (AvgIpc) is 3.88. The van der Waals surface area contributed by atoms with Gasteiger partial charge in [-0.25, -0.2) is 4.98 Å². The number of nitrogens with zero attached hydrogens (tertiary/aromatic N) is 5. The molecule has 12 rings (SSSR count). The molecule has 0 radical (unpaired) electrons. The van der Waals surface area contributed by atoms with E-state index in [-0.39, 0.29) is 0 Å². The van der Waals surface area contributed by atoms with Crippen LogP contribution >= 0.6 is 0 Å². The minimum absolute atomic E-state index is 0.557. The van der Waals surface area contributed by atoms with Gasteiger partial charge < -0.3 is 4.57 Å². The molecule has 0 amide bonds. The Morgan fingerprint density at radius 3 is 1.21 bits per heavy atom. The summed E-state index contributed by atoms with van der Waals surface area (Å²) in [5, 5.41) is 4.59. The van der Waals surface area contributed by atoms with Gasteiger partial charge in [0.2, 0.25) is 5.95 Å². The van der Waals surface area contributed by atoms with Crippen molar-refractivity contribution in [1.29, 1.82) is 0 Å². The van der Waals surface area contributed by atoms with E-state index in [1.54, 1.807) is 0 Å². The smallest absolute Gasteiger partial charge is 0.238 e. The molecule has 5 nitrogen and oxygen atoms in total. The first-order chi connectivity index (χ1) is 30.8. The highest BCUT2D eigenvalue weighted by atomic mass is 15.2. The van der Waals surface area contributed by atoms with E-state index in [0.29, 0.717) is 17.6 Å². The van der Waals surface area contributed by atoms with Crippen LogP contribution in [0.25, 0.3) is 111 Å². The highest BCUT2D eigenvalue weighted by Crippen LogP contribution is 2.43. The number of benzene rings is 9. The fourth-order valence-electron chi connectivity index (χ4n) is 9.10. The van der Waals surface area contributed by atoms with Crippen molar-refractivity contribution in [3.8, 4) is 67.8 Å². The third-order valence-electron chi connectivity index (χ3n) is 12.0. The molecule has 0 unspecified atom stereocenters. The van der Waals surface area contributed by atoms with E-state index in [0.717, 1.165) is 77.3 Å². The predicted molar refractivity (Wildman–Crippen MR) is 256 cm³/mol. The summed E-state index contributed by atoms with van der Waals surface area (Å²) in [5.41, 5.74) is 14.2. The van der Waals surface area contributed by atoms with Crippen LogP contribution in [0, 0.1) is 0 Å². The van der Waals surface area contributed by atoms with Crippen molar-refractivity contribution in [1.82, 2.24) is 24.1 Å². The Morgan fingerprint density at radius 1 is 0.258 bits per heavy atom. The maximum absolute atomic E-state index is 5.38. The van der Waals surface area contributed by atoms with Gasteiger partial charge in [0, 0.05) is 38.2 Å². The molecule has 0 aliphatic carbocycles. The molecule has 290 valence electrons. The summed E-state index contributed by atoms with van der Waals surface area (Å²) in [5.74, 6) is 1.77. The summed E-state index contributed by atoms with van der Waals surface area (Å²) >= 11 is 0. The van der Waals surface area contributed by atoms with Crippen molar-refractivity contribution in [2.45, 2.75) is 0 Å². The van der Waals surface area contributed by atoms with Crippen molar-refractivity contribution in [2.75, 3.05) is 0 Å². The van der Waals surface area contributed by atoms with Crippen LogP contribution in [-0.4, -0.2) is 24.1 Å². The molecule has 3 aromatic heterocycles. The molecule has 0 aliphatic heterocycles. The molecule has 3 heterocycles. The average molecular weight is 792 g/mol. The Kier molecular flexibility index (Phi) is 8.42. The lowest BCUT2D eigenvalue weighted by molar-refractivity contribution is 0.953. The largest absolute Gasteiger partial charge is 0.307 e. The maximum Gasteiger partial charge on any atom is 0.238 e. The molecule has 0 N–H and O–H groups in total. The van der Waals surface area contributed by atoms with Gasteiger partial charge in [-0.3, -0.25) is 4.57 Å². The summed E-state index contributed by atoms with van der Waals surface area (Å²) in [7, 11) is 0. The van der Waals surface area contributed by atoms with Crippen molar-refractivity contribution in [3.05, 3.63) is 224 Å². The molecule has 0 atom stereocenters. The summed E-state index contributed by atoms with van der Waals surface area (Å²) in [6, 6.07) is 79.2. The second kappa shape index (κ2) is 14.7. The molecule has 9 aromatic carbocycles. The molecule has 0 fully saturated rings. The van der Waals surface area contributed by atoms with Crippen LogP contribution in [0.2, 0.25) is 0 Å². The van der Waals surface area contributed by atoms with Gasteiger partial charge in [-0.05, 0) is 46.0 Å². The number of fused-ring (bicyclic) bond motifs is 7. The summed E-state index contributed by atoms with van der Waals surface area (Å²) in [6.45, 7) is 0. The zero-order valence-corrected chi connectivity index (χ0v) is 33.6. The van der Waals surface area contributed by atoms with E-state index in [1.807, 2.05) is 24.3 Å². The van der Waals surface area contributed by atoms with Gasteiger partial charge in [-0.1, -0.05) is 206 Å². The Morgan fingerprint density at radius 2 is 0.645 bits per heavy atom. The summed E-state index contributed by atoms with van der Waals surface area (Å²) < 4.78 is 4.70. The zero-order chi connectivity index (χ0) is 41.0. The third-order valence-corrected chi connectivity index (χ3v) is 12.0. The Balaban J connectivity index is 1.10. The van der Waals surface area contributed by atoms with E-state index in [1.165, 1.54) is 16.5 Å². The second-order valence-corrected chi connectivity index (χ2v) is 15.6. The molecule has 62 heavy (non-hydrogen) atoms. The van der Waals surface area contributed by atoms with E-state index in [2.05, 4.69) is 209 Å². The van der Waals surface area contributed by atoms with Gasteiger partial charge in [0.05, 0.1) is 27.8 Å². The Bertz CT molecular complexity index is 3590. The third kappa shape index (κ3) is 5.90. The molecule has 0 spiro atoms. The molecule has 0 saturated carbocycles. The van der Waals surface area contributed by atoms with Gasteiger partial charge in [-0.15, -0.1) is 0 Å². The molecule has 0 bridgehead atoms. The highest BCUT2D eigenvalue weighted by Gasteiger charge is 2.24. The van der Waals surface area contributed by atoms with Crippen molar-refractivity contribution in [3.63, 3.8) is 0 Å². The quantitative estimate of drug-likeness (QED) is 0.162. The number of aromatic nitrogens is 5. The van der Waals surface area contributed by atoms with Crippen molar-refractivity contribution < 1.29 is 0 Å². The first-order valence-electron chi connectivity index (χ1n) is 21.0. The SMILES string of the molecule is c1ccc(-c2ccc(-c3ccc(-c4nc(-c5ccccc5)nc(-n5c6ccccc6c6ccc7c8ccccc8n(-c8ccccc8-c8ccccc8)c7c65)n4)cc3)cc2)cc1. The molecule has 5 heteroatoms. The van der Waals surface area contributed by atoms with E-state index in [4.69, 9.17) is 15.0 Å². The monoisotopic (exact) mass is 791 g/mol. The normalized spacial score (nSPS) is 11.5. The van der Waals surface area contributed by atoms with Gasteiger partial charge in [0.15, 0.2) is 11.6 Å². The highest BCUT2D eigenvalue weighted by molar-refractivity contribution is 6.24. The van der Waals surface area contributed by atoms with Crippen LogP contribution in [0.5, 0.6) is 0 Å². The Labute approximate surface area is 358 Å². The van der Waals surface area contributed by atoms with E-state index < -0.39 is 0 Å². The molecule has 12 aromatic rings. The standard InChI is InChI=1S/C57H37N5/c1-4-16-38(17-5-1)39-28-30-40(31-29-39)41-32-34-44(35-33-41)56-58-55(43-20-8-3-9-21-43)59-57(60-56)62-52-27-15-12-24-47(52)49-37-36-48-46-23-11-14-26-51(46)61(53(48)54(49)62)50-25-13-10-22-45(50)42-18-6-2-7-19-42/h1-37H. The van der Waals surface area contributed by atoms with Crippen LogP contribution in [0.3, 0.4) is 0 Å². The minimum atomic E-state index is 0.557. The maximum atomic E-state index is 5.38. The first-order valence-corrected chi connectivity index (χ1v) is 21.0. The van der Waals surface area contributed by atoms with Crippen LogP contribution in [-0.2, 0) is 0 Å². The van der Waals surface area contributed by atoms with Crippen LogP contribution < -0.4 is 0 Å². The number of para-hydroxylation sites is 3. The van der Waals surface area contributed by atoms with Crippen LogP contribution in [0.4, 0.5) is 0 Å². The second-order valence-electron chi connectivity index (χ2n) is 15.6. The van der Waals surface area contributed by atoms with Crippen LogP contribution in [0.1, 0.15) is 0 Å². The lowest BCUT2D eigenvalue weighted by Crippen LogP contribution is -2.07. The first kappa shape index (κ1) is 35.5. The van der Waals surface area contributed by atoms with E-state index >= 15 is 0 Å². The predicted octanol–water partition coefficient (Wildman–Crippen LogP) is 14.4. The number of hydrogen-bond donors (Lipinski definition) is 0. The fraction of sp³-hybridized carbons (Fsp3) is 0. The molecule has 0 saturated heterocycles. The van der Waals surface area contributed by atoms with Gasteiger partial charge in [-0.2, -0.15) is 9.97 Å². The molecular formula is C57H37N5. The van der Waals surface area contributed by atoms with Gasteiger partial charge in [0.1, 0.15) is 0 Å². The molecular weight excluding hydrogens is 755 g/mol. The van der Waals surface area contributed by atoms with Crippen LogP contribution in [0.15, 0.2) is 224 Å². The van der Waals surface area contributed by atoms with E-state index in [9.17, 15) is 0 Å². The molecule has 0 aliphatic rings. The summed E-state index contributed by atoms with van der Waals surface area (Å²) in [6.07, 6.45) is 0. The van der Waals surface area contributed by atoms with Crippen molar-refractivity contribution >= 4 is 43.6 Å². The zero-order valence-electron chi connectivity index (χ0n) is 33.6. The van der Waals surface area contributed by atoms with Gasteiger partial charge in [0.25, 0.3) is 0 Å². The lowest BCUT2D eigenvalue weighted by Gasteiger charge is -2.16. The number of hydrogen-bond acceptors (Lipinski definition) is 3. The Hall–Kier alpha value is -8.41. The topological polar surface area (TPSA) is 48.5 Å².